The lowest BCUT2D eigenvalue weighted by atomic mass is 10.1. The van der Waals surface area contributed by atoms with Gasteiger partial charge in [-0.05, 0) is 39.8 Å². The second-order valence-electron chi connectivity index (χ2n) is 8.23. The molecule has 1 aliphatic rings. The number of aliphatic hydroxyl groups is 2. The second kappa shape index (κ2) is 9.37. The van der Waals surface area contributed by atoms with Crippen LogP contribution >= 0.6 is 6.89 Å². The molecular formula is C19H32N3O5P. The second-order valence-corrected chi connectivity index (χ2v) is 12.5. The van der Waals surface area contributed by atoms with Crippen LogP contribution in [0.25, 0.3) is 0 Å². The fourth-order valence-corrected chi connectivity index (χ4v) is 3.95. The Morgan fingerprint density at radius 1 is 1.36 bits per heavy atom. The number of aliphatic hydroxyl groups excluding tert-OH is 2. The zero-order valence-electron chi connectivity index (χ0n) is 17.0. The van der Waals surface area contributed by atoms with E-state index in [0.717, 1.165) is 16.3 Å². The number of nitrogens with zero attached hydrogens (tertiary/aromatic N) is 1. The predicted octanol–water partition coefficient (Wildman–Crippen LogP) is 0.311. The number of aromatic nitrogens is 2. The third-order valence-corrected chi connectivity index (χ3v) is 6.11. The number of hydrogen-bond acceptors (Lipinski definition) is 6. The molecule has 0 amide bonds. The van der Waals surface area contributed by atoms with Gasteiger partial charge in [0.25, 0.3) is 5.56 Å². The van der Waals surface area contributed by atoms with Gasteiger partial charge in [-0.1, -0.05) is 11.6 Å². The average Bonchev–Trinajstić information content (AvgIpc) is 2.86. The van der Waals surface area contributed by atoms with E-state index in [9.17, 15) is 19.8 Å². The fourth-order valence-electron chi connectivity index (χ4n) is 3.00. The van der Waals surface area contributed by atoms with E-state index >= 15 is 0 Å². The molecule has 158 valence electrons. The van der Waals surface area contributed by atoms with E-state index in [2.05, 4.69) is 29.9 Å². The van der Waals surface area contributed by atoms with Crippen LogP contribution in [0.15, 0.2) is 27.4 Å². The molecule has 1 aromatic rings. The van der Waals surface area contributed by atoms with E-state index in [4.69, 9.17) is 4.74 Å². The van der Waals surface area contributed by atoms with Crippen molar-refractivity contribution < 1.29 is 14.9 Å². The van der Waals surface area contributed by atoms with Crippen LogP contribution in [0.5, 0.6) is 0 Å². The molecule has 4 atom stereocenters. The minimum atomic E-state index is -1.30. The fraction of sp³-hybridized carbons (Fsp3) is 0.632. The van der Waals surface area contributed by atoms with Crippen molar-refractivity contribution in [2.24, 2.45) is 0 Å². The van der Waals surface area contributed by atoms with Crippen LogP contribution in [-0.4, -0.2) is 70.4 Å². The molecule has 9 heteroatoms. The summed E-state index contributed by atoms with van der Waals surface area (Å²) in [7, 11) is 0. The van der Waals surface area contributed by atoms with Crippen molar-refractivity contribution in [3.8, 4) is 0 Å². The van der Waals surface area contributed by atoms with Crippen molar-refractivity contribution in [3.63, 3.8) is 0 Å². The van der Waals surface area contributed by atoms with Crippen molar-refractivity contribution in [2.75, 3.05) is 26.0 Å². The lowest BCUT2D eigenvalue weighted by molar-refractivity contribution is -0.0404. The molecule has 1 fully saturated rings. The maximum absolute atomic E-state index is 12.3. The quantitative estimate of drug-likeness (QED) is 0.277. The summed E-state index contributed by atoms with van der Waals surface area (Å²) in [6, 6.07) is 0. The summed E-state index contributed by atoms with van der Waals surface area (Å²) in [5.41, 5.74) is 0.334. The van der Waals surface area contributed by atoms with E-state index in [1.165, 1.54) is 6.20 Å². The summed E-state index contributed by atoms with van der Waals surface area (Å²) in [5.74, 6) is 0. The highest BCUT2D eigenvalue weighted by atomic mass is 31.2. The zero-order chi connectivity index (χ0) is 21.1. The van der Waals surface area contributed by atoms with Gasteiger partial charge < -0.3 is 20.3 Å². The lowest BCUT2D eigenvalue weighted by Gasteiger charge is -2.19. The van der Waals surface area contributed by atoms with Gasteiger partial charge in [0.2, 0.25) is 0 Å². The van der Waals surface area contributed by atoms with Crippen LogP contribution in [0.1, 0.15) is 32.1 Å². The van der Waals surface area contributed by atoms with Crippen LogP contribution < -0.4 is 16.6 Å². The normalized spacial score (nSPS) is 25.1. The Bertz CT molecular complexity index is 865. The van der Waals surface area contributed by atoms with E-state index < -0.39 is 42.7 Å². The predicted molar refractivity (Wildman–Crippen MR) is 114 cm³/mol. The molecule has 4 N–H and O–H groups in total. The molecule has 0 bridgehead atoms. The molecule has 0 unspecified atom stereocenters. The van der Waals surface area contributed by atoms with Crippen molar-refractivity contribution >= 4 is 13.2 Å². The van der Waals surface area contributed by atoms with Crippen LogP contribution in [-0.2, 0) is 11.3 Å². The summed E-state index contributed by atoms with van der Waals surface area (Å²) >= 11 is 0. The van der Waals surface area contributed by atoms with E-state index in [1.54, 1.807) is 0 Å². The Morgan fingerprint density at radius 3 is 2.64 bits per heavy atom. The molecule has 1 saturated heterocycles. The summed E-state index contributed by atoms with van der Waals surface area (Å²) in [6.07, 6.45) is 4.87. The molecule has 8 nitrogen and oxygen atoms in total. The minimum Gasteiger partial charge on any atom is -0.388 e. The Hall–Kier alpha value is -1.44. The van der Waals surface area contributed by atoms with Gasteiger partial charge >= 0.3 is 5.69 Å². The number of rotatable bonds is 8. The number of ether oxygens (including phenoxy) is 1. The number of aromatic amines is 1. The van der Waals surface area contributed by atoms with Gasteiger partial charge in [0.15, 0.2) is 6.23 Å². The van der Waals surface area contributed by atoms with E-state index in [1.807, 2.05) is 19.9 Å². The first-order valence-corrected chi connectivity index (χ1v) is 12.4. The van der Waals surface area contributed by atoms with Crippen LogP contribution in [0.3, 0.4) is 0 Å². The van der Waals surface area contributed by atoms with Gasteiger partial charge in [-0.15, -0.1) is 13.2 Å². The first-order chi connectivity index (χ1) is 13.0. The van der Waals surface area contributed by atoms with Gasteiger partial charge in [-0.25, -0.2) is 4.79 Å². The third-order valence-electron chi connectivity index (χ3n) is 4.64. The van der Waals surface area contributed by atoms with E-state index in [0.29, 0.717) is 18.5 Å². The minimum absolute atomic E-state index is 0.258. The van der Waals surface area contributed by atoms with Gasteiger partial charge in [0.1, 0.15) is 12.2 Å². The topological polar surface area (TPSA) is 117 Å². The summed E-state index contributed by atoms with van der Waals surface area (Å²) < 4.78 is 6.95. The van der Waals surface area contributed by atoms with Gasteiger partial charge in [0.05, 0.1) is 6.10 Å². The van der Waals surface area contributed by atoms with E-state index in [-0.39, 0.29) is 6.54 Å². The molecule has 0 radical (unpaired) electrons. The molecule has 1 aliphatic heterocycles. The van der Waals surface area contributed by atoms with Crippen molar-refractivity contribution in [1.29, 1.82) is 0 Å². The highest BCUT2D eigenvalue weighted by Gasteiger charge is 2.43. The highest BCUT2D eigenvalue weighted by molar-refractivity contribution is 7.72. The number of H-pyrrole nitrogens is 1. The van der Waals surface area contributed by atoms with Crippen molar-refractivity contribution in [3.05, 3.63) is 44.2 Å². The molecule has 1 aromatic heterocycles. The maximum Gasteiger partial charge on any atom is 0.330 e. The number of hydrogen-bond donors (Lipinski definition) is 4. The average molecular weight is 413 g/mol. The standard InChI is InChI=1S/C19H32N3O5P/c1-12(2)6-8-20-10-13-11-22(19(26)21-17(13)25)18-16(24)15(23)14(27-18)7-9-28(3,4)5/h6,11,14-16,18,20,23-24H,3,7-10H2,1-2,4-5H3,(H,21,25,26)/t14-,15-,16-,18-/m1/s1. The molecule has 0 aromatic carbocycles. The number of allylic oxidation sites excluding steroid dienone is 1. The Labute approximate surface area is 165 Å². The Balaban J connectivity index is 2.18. The molecule has 2 heterocycles. The summed E-state index contributed by atoms with van der Waals surface area (Å²) in [4.78, 5) is 26.6. The highest BCUT2D eigenvalue weighted by Crippen LogP contribution is 2.39. The van der Waals surface area contributed by atoms with Crippen molar-refractivity contribution in [2.45, 2.75) is 51.4 Å². The molecule has 0 saturated carbocycles. The molecular weight excluding hydrogens is 381 g/mol. The number of nitrogens with one attached hydrogen (secondary N) is 2. The SMILES string of the molecule is C=P(C)(C)CC[C@H]1O[C@@H](n2cc(CNCC=C(C)C)c(=O)[nH]c2=O)[C@H](O)[C@@H]1O. The van der Waals surface area contributed by atoms with Gasteiger partial charge in [-0.2, -0.15) is 0 Å². The summed E-state index contributed by atoms with van der Waals surface area (Å²) in [6.45, 7) is 7.68. The largest absolute Gasteiger partial charge is 0.388 e. The monoisotopic (exact) mass is 413 g/mol. The molecule has 0 spiro atoms. The third kappa shape index (κ3) is 6.03. The molecule has 0 aliphatic carbocycles. The smallest absolute Gasteiger partial charge is 0.330 e. The Morgan fingerprint density at radius 2 is 2.04 bits per heavy atom. The first kappa shape index (κ1) is 22.8. The maximum atomic E-state index is 12.3. The molecule has 28 heavy (non-hydrogen) atoms. The molecule has 2 rings (SSSR count). The van der Waals surface area contributed by atoms with Crippen LogP contribution in [0.4, 0.5) is 0 Å². The lowest BCUT2D eigenvalue weighted by Crippen LogP contribution is -2.39. The van der Waals surface area contributed by atoms with Crippen LogP contribution in [0.2, 0.25) is 0 Å². The summed E-state index contributed by atoms with van der Waals surface area (Å²) in [5, 5.41) is 23.9. The van der Waals surface area contributed by atoms with Crippen molar-refractivity contribution in [1.82, 2.24) is 14.9 Å². The van der Waals surface area contributed by atoms with Gasteiger partial charge in [0, 0.05) is 24.8 Å². The van der Waals surface area contributed by atoms with Gasteiger partial charge in [-0.3, -0.25) is 14.3 Å². The first-order valence-electron chi connectivity index (χ1n) is 9.37. The van der Waals surface area contributed by atoms with Crippen LogP contribution in [0, 0.1) is 0 Å². The zero-order valence-corrected chi connectivity index (χ0v) is 17.9. The Kier molecular flexibility index (Phi) is 7.65.